The van der Waals surface area contributed by atoms with E-state index in [9.17, 15) is 19.7 Å². The van der Waals surface area contributed by atoms with E-state index in [-0.39, 0.29) is 33.4 Å². The van der Waals surface area contributed by atoms with Gasteiger partial charge in [0.15, 0.2) is 5.43 Å². The minimum atomic E-state index is -0.770. The maximum Gasteiger partial charge on any atom is 0.290 e. The summed E-state index contributed by atoms with van der Waals surface area (Å²) in [7, 11) is 1.53. The molecule has 136 valence electrons. The summed E-state index contributed by atoms with van der Waals surface area (Å²) in [6, 6.07) is 8.24. The topological polar surface area (TPSA) is 93.7 Å². The Kier molecular flexibility index (Phi) is 3.78. The second kappa shape index (κ2) is 5.92. The summed E-state index contributed by atoms with van der Waals surface area (Å²) < 4.78 is 5.75. The molecule has 0 aliphatic carbocycles. The van der Waals surface area contributed by atoms with Crippen molar-refractivity contribution in [2.45, 2.75) is 13.0 Å². The highest BCUT2D eigenvalue weighted by atomic mass is 35.5. The van der Waals surface area contributed by atoms with E-state index in [1.807, 2.05) is 0 Å². The van der Waals surface area contributed by atoms with Gasteiger partial charge in [-0.3, -0.25) is 19.7 Å². The summed E-state index contributed by atoms with van der Waals surface area (Å²) >= 11 is 6.14. The van der Waals surface area contributed by atoms with Crippen LogP contribution < -0.4 is 5.43 Å². The van der Waals surface area contributed by atoms with E-state index < -0.39 is 16.9 Å². The van der Waals surface area contributed by atoms with Crippen molar-refractivity contribution < 1.29 is 14.1 Å². The standard InChI is InChI=1S/C19H13ClN2O5/c1-9-6-14-12(8-13(9)20)17(23)15-16(21(2)19(24)18(15)27-14)10-4-3-5-11(7-10)22(25)26/h3-8,16H,1-2H3. The maximum absolute atomic E-state index is 13.1. The highest BCUT2D eigenvalue weighted by Crippen LogP contribution is 2.38. The Morgan fingerprint density at radius 3 is 2.67 bits per heavy atom. The van der Waals surface area contributed by atoms with Gasteiger partial charge in [-0.2, -0.15) is 0 Å². The van der Waals surface area contributed by atoms with E-state index in [0.29, 0.717) is 10.6 Å². The summed E-state index contributed by atoms with van der Waals surface area (Å²) in [5.41, 5.74) is 1.13. The molecule has 0 bridgehead atoms. The number of fused-ring (bicyclic) bond motifs is 2. The number of nitro groups is 1. The van der Waals surface area contributed by atoms with E-state index in [4.69, 9.17) is 16.0 Å². The molecule has 8 heteroatoms. The Labute approximate surface area is 157 Å². The number of nitrogens with zero attached hydrogens (tertiary/aromatic N) is 2. The molecule has 1 atom stereocenters. The molecule has 0 fully saturated rings. The average Bonchev–Trinajstić information content (AvgIpc) is 2.89. The molecule has 27 heavy (non-hydrogen) atoms. The smallest absolute Gasteiger partial charge is 0.290 e. The summed E-state index contributed by atoms with van der Waals surface area (Å²) in [6.45, 7) is 1.77. The monoisotopic (exact) mass is 384 g/mol. The summed E-state index contributed by atoms with van der Waals surface area (Å²) in [5.74, 6) is -0.499. The molecule has 0 saturated heterocycles. The van der Waals surface area contributed by atoms with Crippen molar-refractivity contribution in [3.63, 3.8) is 0 Å². The normalized spacial score (nSPS) is 16.0. The van der Waals surface area contributed by atoms with E-state index >= 15 is 0 Å². The van der Waals surface area contributed by atoms with Gasteiger partial charge < -0.3 is 9.32 Å². The molecule has 1 aliphatic rings. The van der Waals surface area contributed by atoms with Gasteiger partial charge in [-0.05, 0) is 30.2 Å². The lowest BCUT2D eigenvalue weighted by molar-refractivity contribution is -0.384. The number of non-ortho nitro benzene ring substituents is 1. The van der Waals surface area contributed by atoms with Crippen molar-refractivity contribution in [2.75, 3.05) is 7.05 Å². The van der Waals surface area contributed by atoms with E-state index in [1.165, 1.54) is 36.2 Å². The molecule has 4 rings (SSSR count). The second-order valence-electron chi connectivity index (χ2n) is 6.44. The molecule has 1 aromatic heterocycles. The molecular weight excluding hydrogens is 372 g/mol. The molecule has 0 N–H and O–H groups in total. The largest absolute Gasteiger partial charge is 0.450 e. The number of benzene rings is 2. The Morgan fingerprint density at radius 1 is 1.22 bits per heavy atom. The number of nitro benzene ring substituents is 1. The first-order valence-corrected chi connectivity index (χ1v) is 8.45. The number of carbonyl (C=O) groups is 1. The van der Waals surface area contributed by atoms with E-state index in [0.717, 1.165) is 5.56 Å². The number of rotatable bonds is 2. The Morgan fingerprint density at radius 2 is 1.96 bits per heavy atom. The molecule has 1 amide bonds. The van der Waals surface area contributed by atoms with Crippen LogP contribution in [-0.4, -0.2) is 22.8 Å². The molecule has 7 nitrogen and oxygen atoms in total. The highest BCUT2D eigenvalue weighted by molar-refractivity contribution is 6.32. The van der Waals surface area contributed by atoms with E-state index in [2.05, 4.69) is 0 Å². The predicted molar refractivity (Wildman–Crippen MR) is 99.3 cm³/mol. The van der Waals surface area contributed by atoms with Crippen LogP contribution in [0.4, 0.5) is 5.69 Å². The zero-order chi connectivity index (χ0) is 19.5. The fraction of sp³-hybridized carbons (Fsp3) is 0.158. The van der Waals surface area contributed by atoms with Crippen molar-refractivity contribution in [2.24, 2.45) is 0 Å². The van der Waals surface area contributed by atoms with Crippen LogP contribution >= 0.6 is 11.6 Å². The number of aryl methyl sites for hydroxylation is 1. The SMILES string of the molecule is Cc1cc2oc3c(c(=O)c2cc1Cl)C(c1cccc([N+](=O)[O-])c1)N(C)C3=O. The average molecular weight is 385 g/mol. The molecule has 2 aromatic carbocycles. The van der Waals surface area contributed by atoms with Crippen molar-refractivity contribution >= 4 is 34.2 Å². The minimum Gasteiger partial charge on any atom is -0.450 e. The van der Waals surface area contributed by atoms with Crippen molar-refractivity contribution in [1.29, 1.82) is 0 Å². The van der Waals surface area contributed by atoms with Crippen LogP contribution in [0.5, 0.6) is 0 Å². The number of hydrogen-bond donors (Lipinski definition) is 0. The van der Waals surface area contributed by atoms with Crippen molar-refractivity contribution in [1.82, 2.24) is 4.90 Å². The van der Waals surface area contributed by atoms with Crippen LogP contribution in [0.25, 0.3) is 11.0 Å². The van der Waals surface area contributed by atoms with Gasteiger partial charge in [-0.15, -0.1) is 0 Å². The quantitative estimate of drug-likeness (QED) is 0.494. The Hall–Kier alpha value is -3.19. The van der Waals surface area contributed by atoms with Gasteiger partial charge in [0, 0.05) is 24.2 Å². The fourth-order valence-corrected chi connectivity index (χ4v) is 3.57. The Balaban J connectivity index is 2.01. The van der Waals surface area contributed by atoms with Gasteiger partial charge in [0.1, 0.15) is 5.58 Å². The third kappa shape index (κ3) is 2.50. The third-order valence-electron chi connectivity index (χ3n) is 4.78. The van der Waals surface area contributed by atoms with Gasteiger partial charge >= 0.3 is 0 Å². The van der Waals surface area contributed by atoms with Crippen LogP contribution in [0.2, 0.25) is 5.02 Å². The van der Waals surface area contributed by atoms with Crippen LogP contribution in [0.3, 0.4) is 0 Å². The van der Waals surface area contributed by atoms with Gasteiger partial charge in [-0.1, -0.05) is 23.7 Å². The predicted octanol–water partition coefficient (Wildman–Crippen LogP) is 3.84. The first kappa shape index (κ1) is 17.2. The van der Waals surface area contributed by atoms with Crippen LogP contribution in [-0.2, 0) is 0 Å². The zero-order valence-electron chi connectivity index (χ0n) is 14.4. The van der Waals surface area contributed by atoms with Gasteiger partial charge in [0.05, 0.1) is 21.9 Å². The lowest BCUT2D eigenvalue weighted by Gasteiger charge is -2.20. The second-order valence-corrected chi connectivity index (χ2v) is 6.85. The first-order chi connectivity index (χ1) is 12.8. The summed E-state index contributed by atoms with van der Waals surface area (Å²) in [4.78, 5) is 37.8. The molecule has 1 unspecified atom stereocenters. The lowest BCUT2D eigenvalue weighted by Crippen LogP contribution is -2.25. The minimum absolute atomic E-state index is 0.0479. The molecular formula is C19H13ClN2O5. The molecule has 0 radical (unpaired) electrons. The molecule has 1 aliphatic heterocycles. The molecule has 0 spiro atoms. The molecule has 0 saturated carbocycles. The third-order valence-corrected chi connectivity index (χ3v) is 5.19. The summed E-state index contributed by atoms with van der Waals surface area (Å²) in [6.07, 6.45) is 0. The highest BCUT2D eigenvalue weighted by Gasteiger charge is 2.41. The summed E-state index contributed by atoms with van der Waals surface area (Å²) in [5, 5.41) is 11.8. The molecule has 3 aromatic rings. The zero-order valence-corrected chi connectivity index (χ0v) is 15.1. The first-order valence-electron chi connectivity index (χ1n) is 8.08. The number of amides is 1. The van der Waals surface area contributed by atoms with Crippen LogP contribution in [0.15, 0.2) is 45.6 Å². The maximum atomic E-state index is 13.1. The van der Waals surface area contributed by atoms with Crippen molar-refractivity contribution in [3.8, 4) is 0 Å². The van der Waals surface area contributed by atoms with Gasteiger partial charge in [-0.25, -0.2) is 0 Å². The van der Waals surface area contributed by atoms with Gasteiger partial charge in [0.25, 0.3) is 11.6 Å². The number of halogens is 1. The van der Waals surface area contributed by atoms with Crippen LogP contribution in [0.1, 0.15) is 33.3 Å². The number of hydrogen-bond acceptors (Lipinski definition) is 5. The van der Waals surface area contributed by atoms with Crippen molar-refractivity contribution in [3.05, 3.63) is 84.2 Å². The molecule has 2 heterocycles. The van der Waals surface area contributed by atoms with Crippen LogP contribution in [0, 0.1) is 17.0 Å². The fourth-order valence-electron chi connectivity index (χ4n) is 3.41. The van der Waals surface area contributed by atoms with E-state index in [1.54, 1.807) is 19.1 Å². The number of carbonyl (C=O) groups excluding carboxylic acids is 1. The van der Waals surface area contributed by atoms with Gasteiger partial charge in [0.2, 0.25) is 5.76 Å². The Bertz CT molecular complexity index is 1200. The lowest BCUT2D eigenvalue weighted by atomic mass is 9.98.